The second-order valence-electron chi connectivity index (χ2n) is 4.48. The number of anilines is 2. The smallest absolute Gasteiger partial charge is 0.316 e. The maximum absolute atomic E-state index is 12.1. The van der Waals surface area contributed by atoms with E-state index in [1.807, 2.05) is 13.8 Å². The number of alkyl halides is 2. The Labute approximate surface area is 144 Å². The molecule has 0 unspecified atom stereocenters. The van der Waals surface area contributed by atoms with Crippen LogP contribution in [0.4, 0.5) is 20.2 Å². The van der Waals surface area contributed by atoms with Crippen LogP contribution in [-0.4, -0.2) is 35.7 Å². The summed E-state index contributed by atoms with van der Waals surface area (Å²) in [5.41, 5.74) is 1.27. The van der Waals surface area contributed by atoms with E-state index in [2.05, 4.69) is 20.2 Å². The lowest BCUT2D eigenvalue weighted by atomic mass is 10.3. The molecule has 0 atom stereocenters. The zero-order valence-corrected chi connectivity index (χ0v) is 14.7. The van der Waals surface area contributed by atoms with Gasteiger partial charge in [-0.2, -0.15) is 8.78 Å². The number of hydrogen-bond acceptors (Lipinski definition) is 6. The van der Waals surface area contributed by atoms with Crippen molar-refractivity contribution in [1.29, 1.82) is 0 Å². The highest BCUT2D eigenvalue weighted by Gasteiger charge is 2.25. The lowest BCUT2D eigenvalue weighted by molar-refractivity contribution is -0.128. The largest absolute Gasteiger partial charge is 0.381 e. The van der Waals surface area contributed by atoms with Crippen molar-refractivity contribution in [3.8, 4) is 0 Å². The van der Waals surface area contributed by atoms with Gasteiger partial charge in [0.2, 0.25) is 0 Å². The van der Waals surface area contributed by atoms with Gasteiger partial charge >= 0.3 is 6.43 Å². The van der Waals surface area contributed by atoms with Crippen LogP contribution in [0.3, 0.4) is 0 Å². The summed E-state index contributed by atoms with van der Waals surface area (Å²) in [6, 6.07) is 0. The van der Waals surface area contributed by atoms with E-state index >= 15 is 0 Å². The van der Waals surface area contributed by atoms with Gasteiger partial charge in [0, 0.05) is 13.1 Å². The van der Waals surface area contributed by atoms with Crippen LogP contribution >= 0.6 is 12.4 Å². The Morgan fingerprint density at radius 1 is 1.21 bits per heavy atom. The molecule has 136 valence electrons. The first-order valence-electron chi connectivity index (χ1n) is 7.08. The van der Waals surface area contributed by atoms with Crippen molar-refractivity contribution in [1.82, 2.24) is 10.3 Å². The normalized spacial score (nSPS) is 9.79. The second-order valence-corrected chi connectivity index (χ2v) is 4.48. The lowest BCUT2D eigenvalue weighted by Gasteiger charge is -2.18. The van der Waals surface area contributed by atoms with Crippen LogP contribution in [0.2, 0.25) is 0 Å². The van der Waals surface area contributed by atoms with Gasteiger partial charge in [-0.15, -0.1) is 12.4 Å². The van der Waals surface area contributed by atoms with Gasteiger partial charge in [0.1, 0.15) is 5.69 Å². The number of amides is 1. The van der Waals surface area contributed by atoms with Crippen molar-refractivity contribution in [3.05, 3.63) is 23.9 Å². The van der Waals surface area contributed by atoms with E-state index in [1.165, 1.54) is 6.20 Å². The molecule has 10 heteroatoms. The van der Waals surface area contributed by atoms with Crippen LogP contribution in [-0.2, 0) is 4.79 Å². The Morgan fingerprint density at radius 3 is 2.17 bits per heavy atom. The van der Waals surface area contributed by atoms with Crippen molar-refractivity contribution < 1.29 is 22.6 Å². The maximum Gasteiger partial charge on any atom is 0.316 e. The van der Waals surface area contributed by atoms with E-state index in [0.29, 0.717) is 5.76 Å². The van der Waals surface area contributed by atoms with E-state index < -0.39 is 12.3 Å². The van der Waals surface area contributed by atoms with Crippen molar-refractivity contribution in [2.75, 3.05) is 23.3 Å². The highest BCUT2D eigenvalue weighted by molar-refractivity contribution is 5.95. The molecular weight excluding hydrogens is 346 g/mol. The number of halogens is 3. The topological polar surface area (TPSA) is 84.4 Å². The Hall–Kier alpha value is -2.16. The first-order valence-corrected chi connectivity index (χ1v) is 7.08. The molecule has 2 aromatic rings. The Morgan fingerprint density at radius 2 is 1.79 bits per heavy atom. The Bertz CT molecular complexity index is 619. The van der Waals surface area contributed by atoms with E-state index in [-0.39, 0.29) is 24.6 Å². The van der Waals surface area contributed by atoms with Crippen molar-refractivity contribution in [2.24, 2.45) is 0 Å². The van der Waals surface area contributed by atoms with E-state index in [4.69, 9.17) is 4.52 Å². The van der Waals surface area contributed by atoms with Crippen molar-refractivity contribution in [3.63, 3.8) is 0 Å². The average Bonchev–Trinajstić information content (AvgIpc) is 3.11. The number of aryl methyl sites for hydroxylation is 2. The predicted octanol–water partition coefficient (Wildman–Crippen LogP) is 3.44. The van der Waals surface area contributed by atoms with Crippen LogP contribution in [0, 0.1) is 13.8 Å². The molecule has 0 spiro atoms. The number of hydrogen-bond donors (Lipinski definition) is 1. The second kappa shape index (κ2) is 10.6. The van der Waals surface area contributed by atoms with E-state index in [9.17, 15) is 13.6 Å². The summed E-state index contributed by atoms with van der Waals surface area (Å²) in [7, 11) is 0. The highest BCUT2D eigenvalue weighted by Crippen LogP contribution is 2.20. The fraction of sp³-hybridized carbons (Fsp3) is 0.500. The summed E-state index contributed by atoms with van der Waals surface area (Å²) in [6.45, 7) is 8.14. The van der Waals surface area contributed by atoms with Gasteiger partial charge in [-0.1, -0.05) is 10.3 Å². The number of aromatic nitrogens is 2. The molecule has 0 saturated heterocycles. The molecule has 0 aromatic carbocycles. The van der Waals surface area contributed by atoms with Crippen LogP contribution < -0.4 is 10.2 Å². The van der Waals surface area contributed by atoms with Gasteiger partial charge in [-0.25, -0.2) is 0 Å². The number of nitrogens with zero attached hydrogens (tertiary/aromatic N) is 3. The van der Waals surface area contributed by atoms with Gasteiger partial charge in [0.15, 0.2) is 11.5 Å². The Kier molecular flexibility index (Phi) is 9.63. The van der Waals surface area contributed by atoms with Crippen molar-refractivity contribution >= 4 is 29.7 Å². The maximum atomic E-state index is 12.1. The fourth-order valence-corrected chi connectivity index (χ4v) is 1.77. The quantitative estimate of drug-likeness (QED) is 0.872. The molecule has 1 N–H and O–H groups in total. The molecule has 0 fully saturated rings. The number of carbonyl (C=O) groups excluding carboxylic acids is 1. The number of rotatable bonds is 5. The number of nitrogens with one attached hydrogen (secondary N) is 1. The molecule has 2 heterocycles. The number of carbonyl (C=O) groups is 1. The van der Waals surface area contributed by atoms with Crippen molar-refractivity contribution in [2.45, 2.75) is 34.1 Å². The standard InChI is InChI=1S/C8H10F2N2O2.C6H10N2O.ClH/c1-3-12(8(13)7(9)10)6-4-11-14-5(6)2;1-3-7-6-4-8-9-5(6)2;/h4,7H,3H2,1-2H3;4,7H,3H2,1-2H3;1H. The first-order chi connectivity index (χ1) is 10.9. The lowest BCUT2D eigenvalue weighted by Crippen LogP contribution is -2.35. The van der Waals surface area contributed by atoms with Gasteiger partial charge in [0.25, 0.3) is 5.91 Å². The molecule has 1 amide bonds. The molecule has 0 aliphatic rings. The minimum Gasteiger partial charge on any atom is -0.381 e. The Balaban J connectivity index is 0.000000460. The molecule has 0 saturated carbocycles. The van der Waals surface area contributed by atoms with Crippen LogP contribution in [0.1, 0.15) is 25.4 Å². The van der Waals surface area contributed by atoms with Crippen LogP contribution in [0.5, 0.6) is 0 Å². The minimum absolute atomic E-state index is 0. The molecule has 7 nitrogen and oxygen atoms in total. The van der Waals surface area contributed by atoms with Gasteiger partial charge in [-0.05, 0) is 27.7 Å². The average molecular weight is 367 g/mol. The molecule has 2 rings (SSSR count). The summed E-state index contributed by atoms with van der Waals surface area (Å²) < 4.78 is 33.8. The molecule has 24 heavy (non-hydrogen) atoms. The van der Waals surface area contributed by atoms with Gasteiger partial charge < -0.3 is 19.3 Å². The van der Waals surface area contributed by atoms with Crippen LogP contribution in [0.25, 0.3) is 0 Å². The van der Waals surface area contributed by atoms with E-state index in [1.54, 1.807) is 20.0 Å². The summed E-state index contributed by atoms with van der Waals surface area (Å²) in [6.07, 6.45) is -0.0814. The van der Waals surface area contributed by atoms with Gasteiger partial charge in [0.05, 0.1) is 18.1 Å². The SMILES string of the molecule is CCN(C(=O)C(F)F)c1cnoc1C.CCNc1cnoc1C.Cl. The fourth-order valence-electron chi connectivity index (χ4n) is 1.77. The highest BCUT2D eigenvalue weighted by atomic mass is 35.5. The third-order valence-electron chi connectivity index (χ3n) is 2.90. The van der Waals surface area contributed by atoms with Crippen LogP contribution in [0.15, 0.2) is 21.4 Å². The first kappa shape index (κ1) is 21.8. The summed E-state index contributed by atoms with van der Waals surface area (Å²) in [5.74, 6) is -0.0449. The zero-order chi connectivity index (χ0) is 17.4. The summed E-state index contributed by atoms with van der Waals surface area (Å²) >= 11 is 0. The molecule has 0 aliphatic heterocycles. The molecule has 0 aliphatic carbocycles. The molecule has 0 bridgehead atoms. The van der Waals surface area contributed by atoms with E-state index in [0.717, 1.165) is 22.9 Å². The summed E-state index contributed by atoms with van der Waals surface area (Å²) in [5, 5.41) is 10.1. The minimum atomic E-state index is -3.01. The molecule has 2 aromatic heterocycles. The third-order valence-corrected chi connectivity index (χ3v) is 2.90. The molecule has 0 radical (unpaired) electrons. The van der Waals surface area contributed by atoms with Gasteiger partial charge in [-0.3, -0.25) is 4.79 Å². The summed E-state index contributed by atoms with van der Waals surface area (Å²) in [4.78, 5) is 12.0. The predicted molar refractivity (Wildman–Crippen MR) is 87.9 cm³/mol. The monoisotopic (exact) mass is 366 g/mol. The zero-order valence-electron chi connectivity index (χ0n) is 13.9. The molecular formula is C14H21ClF2N4O3. The third kappa shape index (κ3) is 5.80.